The van der Waals surface area contributed by atoms with Gasteiger partial charge in [-0.3, -0.25) is 0 Å². The average molecular weight is 242 g/mol. The molecule has 1 rings (SSSR count). The molecule has 0 saturated carbocycles. The number of rotatable bonds is 2. The van der Waals surface area contributed by atoms with Crippen molar-refractivity contribution in [1.82, 2.24) is 0 Å². The molecule has 0 amide bonds. The molecule has 1 aromatic carbocycles. The van der Waals surface area contributed by atoms with E-state index in [1.54, 1.807) is 6.92 Å². The first-order valence-corrected chi connectivity index (χ1v) is 4.00. The molecule has 0 fully saturated rings. The maximum atomic E-state index is 11.8. The van der Waals surface area contributed by atoms with Crippen LogP contribution in [0, 0.1) is 0 Å². The van der Waals surface area contributed by atoms with Crippen molar-refractivity contribution >= 4 is 12.4 Å². The third-order valence-electron chi connectivity index (χ3n) is 1.64. The summed E-state index contributed by atoms with van der Waals surface area (Å²) in [4.78, 5) is 0. The number of ether oxygens (including phenoxy) is 1. The van der Waals surface area contributed by atoms with Crippen molar-refractivity contribution in [1.29, 1.82) is 0 Å². The minimum atomic E-state index is -4.64. The lowest BCUT2D eigenvalue weighted by atomic mass is 10.1. The Balaban J connectivity index is 0.00000196. The van der Waals surface area contributed by atoms with Gasteiger partial charge in [-0.15, -0.1) is 25.6 Å². The van der Waals surface area contributed by atoms with Crippen molar-refractivity contribution in [3.8, 4) is 5.75 Å². The summed E-state index contributed by atoms with van der Waals surface area (Å²) in [6.45, 7) is 1.75. The van der Waals surface area contributed by atoms with Gasteiger partial charge in [0.1, 0.15) is 5.75 Å². The Morgan fingerprint density at radius 3 is 2.00 bits per heavy atom. The number of benzene rings is 1. The number of alkyl halides is 3. The first-order valence-electron chi connectivity index (χ1n) is 4.00. The van der Waals surface area contributed by atoms with Crippen molar-refractivity contribution < 1.29 is 17.9 Å². The summed E-state index contributed by atoms with van der Waals surface area (Å²) in [7, 11) is 0. The van der Waals surface area contributed by atoms with Crippen LogP contribution in [0.25, 0.3) is 0 Å². The molecule has 0 aliphatic rings. The smallest absolute Gasteiger partial charge is 0.406 e. The van der Waals surface area contributed by atoms with E-state index in [1.807, 2.05) is 0 Å². The molecular formula is C9H11ClF3NO. The Morgan fingerprint density at radius 2 is 1.67 bits per heavy atom. The second-order valence-corrected chi connectivity index (χ2v) is 2.91. The highest BCUT2D eigenvalue weighted by molar-refractivity contribution is 5.85. The monoisotopic (exact) mass is 241 g/mol. The third kappa shape index (κ3) is 4.90. The molecule has 0 aliphatic carbocycles. The van der Waals surface area contributed by atoms with Crippen LogP contribution >= 0.6 is 12.4 Å². The van der Waals surface area contributed by atoms with Gasteiger partial charge in [-0.2, -0.15) is 0 Å². The number of nitrogens with two attached hydrogens (primary N) is 1. The quantitative estimate of drug-likeness (QED) is 0.864. The van der Waals surface area contributed by atoms with Crippen molar-refractivity contribution in [3.05, 3.63) is 29.8 Å². The highest BCUT2D eigenvalue weighted by Gasteiger charge is 2.30. The largest absolute Gasteiger partial charge is 0.573 e. The Bertz CT molecular complexity index is 297. The highest BCUT2D eigenvalue weighted by atomic mass is 35.5. The van der Waals surface area contributed by atoms with Gasteiger partial charge < -0.3 is 10.5 Å². The molecule has 0 unspecified atom stereocenters. The summed E-state index contributed by atoms with van der Waals surface area (Å²) in [5, 5.41) is 0. The lowest BCUT2D eigenvalue weighted by Gasteiger charge is -2.10. The molecule has 0 spiro atoms. The SMILES string of the molecule is C[C@H](N)c1ccc(OC(F)(F)F)cc1.Cl. The summed E-state index contributed by atoms with van der Waals surface area (Å²) in [5.74, 6) is -0.234. The van der Waals surface area contributed by atoms with E-state index < -0.39 is 6.36 Å². The van der Waals surface area contributed by atoms with Crippen molar-refractivity contribution in [2.24, 2.45) is 5.73 Å². The van der Waals surface area contributed by atoms with Crippen LogP contribution < -0.4 is 10.5 Å². The summed E-state index contributed by atoms with van der Waals surface area (Å²) >= 11 is 0. The standard InChI is InChI=1S/C9H10F3NO.ClH/c1-6(13)7-2-4-8(5-3-7)14-9(10,11)12;/h2-6H,13H2,1H3;1H/t6-;/m0./s1. The highest BCUT2D eigenvalue weighted by Crippen LogP contribution is 2.23. The molecule has 1 aromatic rings. The van der Waals surface area contributed by atoms with E-state index in [4.69, 9.17) is 5.73 Å². The molecule has 0 heterocycles. The second kappa shape index (κ2) is 5.23. The minimum absolute atomic E-state index is 0. The molecule has 0 radical (unpaired) electrons. The average Bonchev–Trinajstić information content (AvgIpc) is 2.02. The van der Waals surface area contributed by atoms with Gasteiger partial charge in [0.05, 0.1) is 0 Å². The maximum Gasteiger partial charge on any atom is 0.573 e. The topological polar surface area (TPSA) is 35.2 Å². The van der Waals surface area contributed by atoms with Crippen LogP contribution in [0.15, 0.2) is 24.3 Å². The molecule has 6 heteroatoms. The van der Waals surface area contributed by atoms with Crippen LogP contribution in [0.5, 0.6) is 5.75 Å². The van der Waals surface area contributed by atoms with Gasteiger partial charge in [-0.1, -0.05) is 12.1 Å². The third-order valence-corrected chi connectivity index (χ3v) is 1.64. The fourth-order valence-electron chi connectivity index (χ4n) is 0.973. The molecular weight excluding hydrogens is 231 g/mol. The molecule has 0 saturated heterocycles. The predicted molar refractivity (Wildman–Crippen MR) is 53.0 cm³/mol. The van der Waals surface area contributed by atoms with Crippen LogP contribution in [0.4, 0.5) is 13.2 Å². The zero-order valence-electron chi connectivity index (χ0n) is 7.91. The van der Waals surface area contributed by atoms with Gasteiger partial charge in [-0.25, -0.2) is 0 Å². The summed E-state index contributed by atoms with van der Waals surface area (Å²) in [5.41, 5.74) is 6.29. The molecule has 2 N–H and O–H groups in total. The normalized spacial score (nSPS) is 12.9. The van der Waals surface area contributed by atoms with E-state index >= 15 is 0 Å². The zero-order chi connectivity index (χ0) is 10.8. The fraction of sp³-hybridized carbons (Fsp3) is 0.333. The van der Waals surface area contributed by atoms with Crippen molar-refractivity contribution in [2.45, 2.75) is 19.3 Å². The van der Waals surface area contributed by atoms with E-state index in [2.05, 4.69) is 4.74 Å². The van der Waals surface area contributed by atoms with E-state index in [-0.39, 0.29) is 24.2 Å². The van der Waals surface area contributed by atoms with Crippen molar-refractivity contribution in [3.63, 3.8) is 0 Å². The zero-order valence-corrected chi connectivity index (χ0v) is 8.73. The minimum Gasteiger partial charge on any atom is -0.406 e. The number of hydrogen-bond acceptors (Lipinski definition) is 2. The van der Waals surface area contributed by atoms with E-state index in [9.17, 15) is 13.2 Å². The Labute approximate surface area is 91.6 Å². The van der Waals surface area contributed by atoms with Crippen LogP contribution in [-0.4, -0.2) is 6.36 Å². The van der Waals surface area contributed by atoms with Gasteiger partial charge in [0.2, 0.25) is 0 Å². The fourth-order valence-corrected chi connectivity index (χ4v) is 0.973. The molecule has 86 valence electrons. The summed E-state index contributed by atoms with van der Waals surface area (Å²) < 4.78 is 39.0. The second-order valence-electron chi connectivity index (χ2n) is 2.91. The van der Waals surface area contributed by atoms with E-state index in [1.165, 1.54) is 24.3 Å². The van der Waals surface area contributed by atoms with Gasteiger partial charge in [0.15, 0.2) is 0 Å². The predicted octanol–water partition coefficient (Wildman–Crippen LogP) is 3.03. The Morgan fingerprint density at radius 1 is 1.20 bits per heavy atom. The summed E-state index contributed by atoms with van der Waals surface area (Å²) in [6.07, 6.45) is -4.64. The van der Waals surface area contributed by atoms with Crippen LogP contribution in [0.2, 0.25) is 0 Å². The first-order chi connectivity index (χ1) is 6.38. The first kappa shape index (κ1) is 14.1. The maximum absolute atomic E-state index is 11.8. The lowest BCUT2D eigenvalue weighted by molar-refractivity contribution is -0.274. The molecule has 15 heavy (non-hydrogen) atoms. The van der Waals surface area contributed by atoms with Crippen molar-refractivity contribution in [2.75, 3.05) is 0 Å². The molecule has 2 nitrogen and oxygen atoms in total. The van der Waals surface area contributed by atoms with Crippen LogP contribution in [0.3, 0.4) is 0 Å². The Kier molecular flexibility index (Phi) is 4.90. The number of halogens is 4. The van der Waals surface area contributed by atoms with Gasteiger partial charge in [0.25, 0.3) is 0 Å². The van der Waals surface area contributed by atoms with E-state index in [0.717, 1.165) is 5.56 Å². The van der Waals surface area contributed by atoms with Gasteiger partial charge in [0, 0.05) is 6.04 Å². The molecule has 0 bridgehead atoms. The molecule has 0 aliphatic heterocycles. The van der Waals surface area contributed by atoms with E-state index in [0.29, 0.717) is 0 Å². The van der Waals surface area contributed by atoms with Gasteiger partial charge in [-0.05, 0) is 24.6 Å². The van der Waals surface area contributed by atoms with Crippen LogP contribution in [0.1, 0.15) is 18.5 Å². The van der Waals surface area contributed by atoms with Gasteiger partial charge >= 0.3 is 6.36 Å². The van der Waals surface area contributed by atoms with Crippen LogP contribution in [-0.2, 0) is 0 Å². The molecule has 0 aromatic heterocycles. The molecule has 1 atom stereocenters. The number of hydrogen-bond donors (Lipinski definition) is 1. The lowest BCUT2D eigenvalue weighted by Crippen LogP contribution is -2.17. The Hall–Kier alpha value is -0.940. The summed E-state index contributed by atoms with van der Waals surface area (Å²) in [6, 6.07) is 5.30.